The Labute approximate surface area is 138 Å². The predicted molar refractivity (Wildman–Crippen MR) is 95.2 cm³/mol. The highest BCUT2D eigenvalue weighted by Crippen LogP contribution is 2.37. The Kier molecular flexibility index (Phi) is 5.29. The number of amides is 2. The van der Waals surface area contributed by atoms with Crippen LogP contribution in [0.4, 0.5) is 10.5 Å². The van der Waals surface area contributed by atoms with Gasteiger partial charge < -0.3 is 10.6 Å². The van der Waals surface area contributed by atoms with Crippen LogP contribution in [0.25, 0.3) is 5.57 Å². The van der Waals surface area contributed by atoms with Gasteiger partial charge in [0, 0.05) is 6.04 Å². The van der Waals surface area contributed by atoms with Crippen molar-refractivity contribution in [3.8, 4) is 0 Å². The summed E-state index contributed by atoms with van der Waals surface area (Å²) in [6.07, 6.45) is 7.61. The number of H-pyrrole nitrogens is 1. The number of hydrogen-bond donors (Lipinski definition) is 3. The normalized spacial score (nSPS) is 21.5. The molecule has 0 atom stereocenters. The minimum Gasteiger partial charge on any atom is -0.335 e. The zero-order chi connectivity index (χ0) is 17.0. The maximum absolute atomic E-state index is 12.2. The van der Waals surface area contributed by atoms with E-state index < -0.39 is 0 Å². The second-order valence-electron chi connectivity index (χ2n) is 7.40. The number of aromatic nitrogens is 2. The maximum atomic E-state index is 12.2. The predicted octanol–water partition coefficient (Wildman–Crippen LogP) is 4.34. The Bertz CT molecular complexity index is 574. The van der Waals surface area contributed by atoms with Crippen molar-refractivity contribution < 1.29 is 4.79 Å². The number of anilines is 1. The first-order chi connectivity index (χ1) is 10.8. The molecule has 0 saturated heterocycles. The Morgan fingerprint density at radius 2 is 2.00 bits per heavy atom. The van der Waals surface area contributed by atoms with Crippen molar-refractivity contribution in [1.29, 1.82) is 0 Å². The molecule has 5 nitrogen and oxygen atoms in total. The van der Waals surface area contributed by atoms with E-state index in [1.807, 2.05) is 0 Å². The Balaban J connectivity index is 1.86. The van der Waals surface area contributed by atoms with E-state index in [1.54, 1.807) is 12.3 Å². The third kappa shape index (κ3) is 4.47. The highest BCUT2D eigenvalue weighted by Gasteiger charge is 2.30. The van der Waals surface area contributed by atoms with Crippen molar-refractivity contribution in [3.63, 3.8) is 0 Å². The van der Waals surface area contributed by atoms with Crippen LogP contribution in [-0.4, -0.2) is 22.3 Å². The fourth-order valence-corrected chi connectivity index (χ4v) is 3.18. The van der Waals surface area contributed by atoms with Crippen LogP contribution in [0.2, 0.25) is 0 Å². The number of carbonyl (C=O) groups excluding carboxylic acids is 1. The summed E-state index contributed by atoms with van der Waals surface area (Å²) in [7, 11) is 0. The van der Waals surface area contributed by atoms with Crippen LogP contribution in [-0.2, 0) is 0 Å². The lowest BCUT2D eigenvalue weighted by Gasteiger charge is -2.37. The van der Waals surface area contributed by atoms with E-state index in [9.17, 15) is 4.79 Å². The fourth-order valence-electron chi connectivity index (χ4n) is 3.18. The van der Waals surface area contributed by atoms with Gasteiger partial charge in [0.2, 0.25) is 0 Å². The number of urea groups is 1. The second-order valence-corrected chi connectivity index (χ2v) is 7.40. The minimum atomic E-state index is -0.191. The lowest BCUT2D eigenvalue weighted by molar-refractivity contribution is 0.161. The average molecular weight is 316 g/mol. The lowest BCUT2D eigenvalue weighted by Crippen LogP contribution is -2.41. The van der Waals surface area contributed by atoms with Gasteiger partial charge in [-0.1, -0.05) is 40.0 Å². The number of allylic oxidation sites excluding steroid dienone is 2. The molecule has 0 unspecified atom stereocenters. The van der Waals surface area contributed by atoms with Gasteiger partial charge >= 0.3 is 6.03 Å². The van der Waals surface area contributed by atoms with Crippen LogP contribution < -0.4 is 10.6 Å². The Hall–Kier alpha value is -2.04. The first kappa shape index (κ1) is 17.3. The molecule has 2 amide bonds. The summed E-state index contributed by atoms with van der Waals surface area (Å²) in [4.78, 5) is 12.2. The highest BCUT2D eigenvalue weighted by atomic mass is 16.2. The van der Waals surface area contributed by atoms with Crippen molar-refractivity contribution in [2.24, 2.45) is 11.3 Å². The van der Waals surface area contributed by atoms with E-state index in [-0.39, 0.29) is 12.1 Å². The first-order valence-electron chi connectivity index (χ1n) is 8.24. The van der Waals surface area contributed by atoms with Crippen molar-refractivity contribution >= 4 is 17.3 Å². The SMILES string of the molecule is C=CC(=C)c1[nH]ncc1NC(=O)NC1CCC(C(C)(C)C)CC1. The van der Waals surface area contributed by atoms with Crippen molar-refractivity contribution in [2.75, 3.05) is 5.32 Å². The van der Waals surface area contributed by atoms with E-state index in [2.05, 4.69) is 54.8 Å². The summed E-state index contributed by atoms with van der Waals surface area (Å²) >= 11 is 0. The molecule has 0 aromatic carbocycles. The van der Waals surface area contributed by atoms with E-state index >= 15 is 0 Å². The van der Waals surface area contributed by atoms with Crippen molar-refractivity contribution in [3.05, 3.63) is 31.1 Å². The Morgan fingerprint density at radius 1 is 1.35 bits per heavy atom. The molecule has 126 valence electrons. The van der Waals surface area contributed by atoms with Gasteiger partial charge in [-0.2, -0.15) is 5.10 Å². The number of hydrogen-bond acceptors (Lipinski definition) is 2. The molecule has 1 aromatic rings. The van der Waals surface area contributed by atoms with Crippen LogP contribution >= 0.6 is 0 Å². The maximum Gasteiger partial charge on any atom is 0.319 e. The van der Waals surface area contributed by atoms with E-state index in [4.69, 9.17) is 0 Å². The summed E-state index contributed by atoms with van der Waals surface area (Å²) in [6.45, 7) is 14.4. The molecule has 1 aliphatic rings. The molecule has 1 aromatic heterocycles. The van der Waals surface area contributed by atoms with Crippen LogP contribution in [0.3, 0.4) is 0 Å². The molecule has 3 N–H and O–H groups in total. The fraction of sp³-hybridized carbons (Fsp3) is 0.556. The van der Waals surface area contributed by atoms with Crippen LogP contribution in [0.5, 0.6) is 0 Å². The zero-order valence-corrected chi connectivity index (χ0v) is 14.4. The summed E-state index contributed by atoms with van der Waals surface area (Å²) in [6, 6.07) is 0.0512. The molecule has 1 fully saturated rings. The topological polar surface area (TPSA) is 69.8 Å². The van der Waals surface area contributed by atoms with Gasteiger partial charge in [-0.3, -0.25) is 5.10 Å². The average Bonchev–Trinajstić information content (AvgIpc) is 2.94. The molecule has 0 bridgehead atoms. The van der Waals surface area contributed by atoms with Gasteiger partial charge in [-0.25, -0.2) is 4.79 Å². The molecular weight excluding hydrogens is 288 g/mol. The van der Waals surface area contributed by atoms with E-state index in [0.29, 0.717) is 22.4 Å². The van der Waals surface area contributed by atoms with Gasteiger partial charge in [0.15, 0.2) is 0 Å². The molecule has 5 heteroatoms. The summed E-state index contributed by atoms with van der Waals surface area (Å²) < 4.78 is 0. The van der Waals surface area contributed by atoms with Gasteiger partial charge in [-0.15, -0.1) is 0 Å². The van der Waals surface area contributed by atoms with E-state index in [0.717, 1.165) is 18.8 Å². The summed E-state index contributed by atoms with van der Waals surface area (Å²) in [5.74, 6) is 0.736. The smallest absolute Gasteiger partial charge is 0.319 e. The quantitative estimate of drug-likeness (QED) is 0.723. The van der Waals surface area contributed by atoms with Gasteiger partial charge in [0.1, 0.15) is 0 Å². The van der Waals surface area contributed by atoms with Crippen LogP contribution in [0.15, 0.2) is 25.4 Å². The molecule has 23 heavy (non-hydrogen) atoms. The Morgan fingerprint density at radius 3 is 2.57 bits per heavy atom. The molecule has 2 rings (SSSR count). The number of nitrogens with one attached hydrogen (secondary N) is 3. The van der Waals surface area contributed by atoms with Gasteiger partial charge in [0.25, 0.3) is 0 Å². The third-order valence-electron chi connectivity index (χ3n) is 4.74. The monoisotopic (exact) mass is 316 g/mol. The minimum absolute atomic E-state index is 0.191. The molecule has 0 aliphatic heterocycles. The van der Waals surface area contributed by atoms with Gasteiger partial charge in [-0.05, 0) is 42.6 Å². The second kappa shape index (κ2) is 7.02. The summed E-state index contributed by atoms with van der Waals surface area (Å²) in [5, 5.41) is 12.7. The van der Waals surface area contributed by atoms with E-state index in [1.165, 1.54) is 12.8 Å². The molecule has 1 heterocycles. The number of rotatable bonds is 4. The van der Waals surface area contributed by atoms with Gasteiger partial charge in [0.05, 0.1) is 17.6 Å². The largest absolute Gasteiger partial charge is 0.335 e. The third-order valence-corrected chi connectivity index (χ3v) is 4.74. The molecule has 0 spiro atoms. The molecule has 1 aliphatic carbocycles. The van der Waals surface area contributed by atoms with Crippen LogP contribution in [0, 0.1) is 11.3 Å². The number of aromatic amines is 1. The zero-order valence-electron chi connectivity index (χ0n) is 14.4. The molecule has 0 radical (unpaired) electrons. The standard InChI is InChI=1S/C18H28N4O/c1-6-12(2)16-15(11-19-22-16)21-17(23)20-14-9-7-13(8-10-14)18(3,4)5/h6,11,13-14H,1-2,7-10H2,3-5H3,(H,19,22)(H2,20,21,23). The lowest BCUT2D eigenvalue weighted by atomic mass is 9.71. The first-order valence-corrected chi connectivity index (χ1v) is 8.24. The van der Waals surface area contributed by atoms with Crippen molar-refractivity contribution in [1.82, 2.24) is 15.5 Å². The van der Waals surface area contributed by atoms with Crippen LogP contribution in [0.1, 0.15) is 52.1 Å². The van der Waals surface area contributed by atoms with Crippen molar-refractivity contribution in [2.45, 2.75) is 52.5 Å². The molecular formula is C18H28N4O. The highest BCUT2D eigenvalue weighted by molar-refractivity contribution is 5.93. The number of nitrogens with zero attached hydrogens (tertiary/aromatic N) is 1. The number of carbonyl (C=O) groups is 1. The summed E-state index contributed by atoms with van der Waals surface area (Å²) in [5.41, 5.74) is 2.36. The molecule has 1 saturated carbocycles.